The van der Waals surface area contributed by atoms with Crippen LogP contribution < -0.4 is 21.7 Å². The van der Waals surface area contributed by atoms with Gasteiger partial charge in [0.05, 0.1) is 24.8 Å². The van der Waals surface area contributed by atoms with Crippen LogP contribution in [-0.4, -0.2) is 129 Å². The molecule has 2 aliphatic rings. The minimum atomic E-state index is -1.65. The van der Waals surface area contributed by atoms with Crippen molar-refractivity contribution < 1.29 is 49.4 Å². The summed E-state index contributed by atoms with van der Waals surface area (Å²) in [5.41, 5.74) is 6.13. The zero-order valence-electron chi connectivity index (χ0n) is 47.8. The molecule has 14 nitrogen and oxygen atoms in total. The van der Waals surface area contributed by atoms with Crippen molar-refractivity contribution in [2.45, 2.75) is 343 Å². The van der Waals surface area contributed by atoms with E-state index in [0.717, 1.165) is 63.5 Å². The van der Waals surface area contributed by atoms with E-state index in [9.17, 15) is 39.9 Å². The molecule has 2 saturated heterocycles. The van der Waals surface area contributed by atoms with Crippen molar-refractivity contribution in [3.05, 3.63) is 0 Å². The van der Waals surface area contributed by atoms with E-state index in [4.69, 9.17) is 15.2 Å². The van der Waals surface area contributed by atoms with Crippen molar-refractivity contribution in [1.82, 2.24) is 16.0 Å². The largest absolute Gasteiger partial charge is 0.390 e. The number of unbranched alkanes of at least 4 members (excludes halogenated alkanes) is 34. The van der Waals surface area contributed by atoms with E-state index in [0.29, 0.717) is 25.7 Å². The van der Waals surface area contributed by atoms with Gasteiger partial charge in [-0.1, -0.05) is 239 Å². The Balaban J connectivity index is 1.74. The Morgan fingerprint density at radius 3 is 1.49 bits per heavy atom. The minimum Gasteiger partial charge on any atom is -0.390 e. The average molecular weight is 1090 g/mol. The molecular formula is C60H116N4O10S. The Labute approximate surface area is 461 Å². The van der Waals surface area contributed by atoms with Gasteiger partial charge in [-0.15, -0.1) is 0 Å². The van der Waals surface area contributed by atoms with E-state index >= 15 is 0 Å². The predicted octanol–water partition coefficient (Wildman–Crippen LogP) is 10.7. The monoisotopic (exact) mass is 1080 g/mol. The normalized spacial score (nSPS) is 23.0. The van der Waals surface area contributed by atoms with E-state index in [1.165, 1.54) is 173 Å². The molecule has 7 unspecified atom stereocenters. The summed E-state index contributed by atoms with van der Waals surface area (Å²) < 4.78 is 11.8. The zero-order chi connectivity index (χ0) is 54.6. The van der Waals surface area contributed by atoms with Crippen LogP contribution in [0.4, 0.5) is 0 Å². The molecule has 2 heterocycles. The fourth-order valence-electron chi connectivity index (χ4n) is 10.9. The molecule has 442 valence electrons. The summed E-state index contributed by atoms with van der Waals surface area (Å²) in [5, 5.41) is 63.7. The van der Waals surface area contributed by atoms with Gasteiger partial charge in [0.25, 0.3) is 0 Å². The van der Waals surface area contributed by atoms with Crippen LogP contribution in [0.2, 0.25) is 0 Å². The first-order valence-electron chi connectivity index (χ1n) is 31.3. The van der Waals surface area contributed by atoms with Crippen LogP contribution in [0.3, 0.4) is 0 Å². The highest BCUT2D eigenvalue weighted by atomic mass is 32.2. The molecule has 75 heavy (non-hydrogen) atoms. The molecule has 0 bridgehead atoms. The number of nitrogens with one attached hydrogen (secondary N) is 3. The Morgan fingerprint density at radius 1 is 0.600 bits per heavy atom. The second-order valence-electron chi connectivity index (χ2n) is 22.7. The summed E-state index contributed by atoms with van der Waals surface area (Å²) in [6.45, 7) is 4.03. The fourth-order valence-corrected chi connectivity index (χ4v) is 12.4. The van der Waals surface area contributed by atoms with Gasteiger partial charge in [-0.3, -0.25) is 14.4 Å². The molecule has 10 N–H and O–H groups in total. The smallest absolute Gasteiger partial charge is 0.220 e. The van der Waals surface area contributed by atoms with Gasteiger partial charge in [0.2, 0.25) is 18.2 Å². The lowest BCUT2D eigenvalue weighted by molar-refractivity contribution is -0.297. The molecule has 0 aromatic heterocycles. The lowest BCUT2D eigenvalue weighted by atomic mass is 9.98. The third-order valence-corrected chi connectivity index (χ3v) is 17.4. The molecule has 0 aromatic rings. The molecule has 2 rings (SSSR count). The van der Waals surface area contributed by atoms with Crippen molar-refractivity contribution >= 4 is 30.0 Å². The summed E-state index contributed by atoms with van der Waals surface area (Å²) in [7, 11) is 0. The molecule has 15 heteroatoms. The zero-order valence-corrected chi connectivity index (χ0v) is 48.6. The Hall–Kier alpha value is -1.56. The van der Waals surface area contributed by atoms with Gasteiger partial charge < -0.3 is 56.7 Å². The first-order valence-corrected chi connectivity index (χ1v) is 32.4. The third kappa shape index (κ3) is 34.3. The van der Waals surface area contributed by atoms with Crippen LogP contribution in [0.25, 0.3) is 0 Å². The third-order valence-electron chi connectivity index (χ3n) is 15.9. The quantitative estimate of drug-likeness (QED) is 0.0205. The first kappa shape index (κ1) is 69.5. The number of amides is 3. The van der Waals surface area contributed by atoms with E-state index < -0.39 is 49.0 Å². The number of hydrogen-bond acceptors (Lipinski definition) is 12. The Morgan fingerprint density at radius 2 is 1.03 bits per heavy atom. The maximum atomic E-state index is 13.3. The number of hydrogen-bond donors (Lipinski definition) is 9. The topological polar surface area (TPSA) is 233 Å². The average Bonchev–Trinajstić information content (AvgIpc) is 3.75. The summed E-state index contributed by atoms with van der Waals surface area (Å²) >= 11 is 1.72. The van der Waals surface area contributed by atoms with Gasteiger partial charge in [0.15, 0.2) is 6.29 Å². The van der Waals surface area contributed by atoms with E-state index in [1.807, 2.05) is 0 Å². The molecule has 0 saturated carbocycles. The molecule has 2 fully saturated rings. The van der Waals surface area contributed by atoms with Crippen LogP contribution in [0.1, 0.15) is 277 Å². The molecule has 2 aliphatic heterocycles. The number of rotatable bonds is 52. The number of carbonyl (C=O) groups is 3. The predicted molar refractivity (Wildman–Crippen MR) is 307 cm³/mol. The van der Waals surface area contributed by atoms with Crippen LogP contribution >= 0.6 is 11.8 Å². The van der Waals surface area contributed by atoms with E-state index in [-0.39, 0.29) is 55.1 Å². The summed E-state index contributed by atoms with van der Waals surface area (Å²) in [5.74, 6) is 0.229. The SMILES string of the molecule is CCCCCCCCCCCCCCCCCCCCCCCCCC(=O)N[C@@H](COC1OC(CNC(=O)CCCCC2SC[C@H](N)[C@@H]2NC=O)C(O)C(O)C1O)C(O)[C@H](O)CCCCCCCCCCCCCC. The van der Waals surface area contributed by atoms with Gasteiger partial charge in [0.1, 0.15) is 30.5 Å². The molecule has 0 aromatic carbocycles. The highest BCUT2D eigenvalue weighted by molar-refractivity contribution is 8.00. The van der Waals surface area contributed by atoms with Crippen LogP contribution in [0, 0.1) is 0 Å². The van der Waals surface area contributed by atoms with Gasteiger partial charge in [-0.05, 0) is 25.7 Å². The molecule has 3 amide bonds. The van der Waals surface area contributed by atoms with Crippen molar-refractivity contribution in [2.24, 2.45) is 5.73 Å². The highest BCUT2D eigenvalue weighted by Crippen LogP contribution is 2.30. The summed E-state index contributed by atoms with van der Waals surface area (Å²) in [6.07, 6.45) is 37.8. The number of carbonyl (C=O) groups excluding carboxylic acids is 3. The van der Waals surface area contributed by atoms with Crippen molar-refractivity contribution in [3.63, 3.8) is 0 Å². The van der Waals surface area contributed by atoms with Gasteiger partial charge in [-0.25, -0.2) is 0 Å². The van der Waals surface area contributed by atoms with Crippen LogP contribution in [0.15, 0.2) is 0 Å². The Kier molecular flexibility index (Phi) is 43.8. The molecule has 0 spiro atoms. The second-order valence-corrected chi connectivity index (χ2v) is 24.0. The number of ether oxygens (including phenoxy) is 2. The first-order chi connectivity index (χ1) is 36.5. The van der Waals surface area contributed by atoms with Crippen LogP contribution in [0.5, 0.6) is 0 Å². The second kappa shape index (κ2) is 47.3. The van der Waals surface area contributed by atoms with Gasteiger partial charge in [-0.2, -0.15) is 11.8 Å². The minimum absolute atomic E-state index is 0.0926. The van der Waals surface area contributed by atoms with Crippen molar-refractivity contribution in [1.29, 1.82) is 0 Å². The summed E-state index contributed by atoms with van der Waals surface area (Å²) in [4.78, 5) is 37.1. The molecule has 11 atom stereocenters. The molecule has 0 aliphatic carbocycles. The van der Waals surface area contributed by atoms with Gasteiger partial charge >= 0.3 is 0 Å². The number of nitrogens with two attached hydrogens (primary N) is 1. The molecule has 0 radical (unpaired) electrons. The Bertz CT molecular complexity index is 1360. The number of thioether (sulfide) groups is 1. The number of aliphatic hydroxyl groups excluding tert-OH is 5. The molecular weight excluding hydrogens is 969 g/mol. The van der Waals surface area contributed by atoms with E-state index in [1.54, 1.807) is 11.8 Å². The lowest BCUT2D eigenvalue weighted by Crippen LogP contribution is -2.61. The maximum absolute atomic E-state index is 13.3. The maximum Gasteiger partial charge on any atom is 0.220 e. The van der Waals surface area contributed by atoms with E-state index in [2.05, 4.69) is 29.8 Å². The van der Waals surface area contributed by atoms with Crippen molar-refractivity contribution in [2.75, 3.05) is 18.9 Å². The number of aliphatic hydroxyl groups is 5. The van der Waals surface area contributed by atoms with Crippen LogP contribution in [-0.2, 0) is 23.9 Å². The standard InChI is InChI=1S/C60H116N4O10S/c1-3-5-7-9-11-13-15-17-18-19-20-21-22-23-24-25-26-27-29-31-33-35-37-43-54(68)64-49(56(69)50(66)40-36-34-32-30-28-16-14-12-10-8-6-4-2)45-73-60-59(72)58(71)57(70)51(74-60)44-62-53(67)42-39-38-41-52-55(63-47-65)48(61)46-75-52/h47-52,55-60,66,69-72H,3-46,61H2,1-2H3,(H,62,67)(H,63,65)(H,64,68)/t48-,49-,50+,51?,52?,55-,56?,57?,58?,59?,60?/m0/s1. The fraction of sp³-hybridized carbons (Fsp3) is 0.950. The lowest BCUT2D eigenvalue weighted by Gasteiger charge is -2.41. The van der Waals surface area contributed by atoms with Gasteiger partial charge in [0, 0.05) is 36.4 Å². The summed E-state index contributed by atoms with van der Waals surface area (Å²) in [6, 6.07) is -1.23. The van der Waals surface area contributed by atoms with Crippen molar-refractivity contribution in [3.8, 4) is 0 Å². The highest BCUT2D eigenvalue weighted by Gasteiger charge is 2.45.